The predicted molar refractivity (Wildman–Crippen MR) is 97.6 cm³/mol. The van der Waals surface area contributed by atoms with Crippen LogP contribution in [0.5, 0.6) is 5.88 Å². The zero-order chi connectivity index (χ0) is 20.1. The average Bonchev–Trinajstić information content (AvgIpc) is 2.67. The van der Waals surface area contributed by atoms with Gasteiger partial charge < -0.3 is 20.1 Å². The standard InChI is InChI=1S/C19H20F3N3O3/c20-19(21,22)12-28-17-11-13(5-8-23-17)18(27)24-15-3-1-2-4-16(15)25-9-6-14(26)7-10-25/h1-5,8,11,14,26H,6-7,9-10,12H2,(H,24,27). The molecule has 1 saturated heterocycles. The number of carbonyl (C=O) groups excluding carboxylic acids is 1. The molecule has 0 unspecified atom stereocenters. The lowest BCUT2D eigenvalue weighted by molar-refractivity contribution is -0.154. The number of nitrogens with zero attached hydrogens (tertiary/aromatic N) is 2. The fourth-order valence-corrected chi connectivity index (χ4v) is 2.94. The number of aliphatic hydroxyl groups is 1. The van der Waals surface area contributed by atoms with E-state index in [2.05, 4.69) is 19.9 Å². The molecule has 1 aliphatic heterocycles. The predicted octanol–water partition coefficient (Wildman–Crippen LogP) is 3.24. The minimum Gasteiger partial charge on any atom is -0.468 e. The Kier molecular flexibility index (Phi) is 6.03. The molecule has 2 heterocycles. The van der Waals surface area contributed by atoms with Crippen LogP contribution in [0.4, 0.5) is 24.5 Å². The number of amides is 1. The number of hydrogen-bond donors (Lipinski definition) is 2. The number of ether oxygens (including phenoxy) is 1. The number of piperidine rings is 1. The van der Waals surface area contributed by atoms with Crippen molar-refractivity contribution in [3.8, 4) is 5.88 Å². The Balaban J connectivity index is 1.72. The lowest BCUT2D eigenvalue weighted by atomic mass is 10.1. The summed E-state index contributed by atoms with van der Waals surface area (Å²) in [6, 6.07) is 9.82. The van der Waals surface area contributed by atoms with Gasteiger partial charge in [-0.25, -0.2) is 4.98 Å². The monoisotopic (exact) mass is 395 g/mol. The zero-order valence-corrected chi connectivity index (χ0v) is 14.9. The number of benzene rings is 1. The number of hydrogen-bond acceptors (Lipinski definition) is 5. The first-order valence-electron chi connectivity index (χ1n) is 8.81. The molecular formula is C19H20F3N3O3. The molecule has 1 aromatic heterocycles. The lowest BCUT2D eigenvalue weighted by Crippen LogP contribution is -2.36. The van der Waals surface area contributed by atoms with Crippen molar-refractivity contribution < 1.29 is 27.8 Å². The number of alkyl halides is 3. The van der Waals surface area contributed by atoms with E-state index < -0.39 is 18.7 Å². The Morgan fingerprint density at radius 2 is 1.96 bits per heavy atom. The van der Waals surface area contributed by atoms with Gasteiger partial charge in [0, 0.05) is 30.9 Å². The number of pyridine rings is 1. The SMILES string of the molecule is O=C(Nc1ccccc1N1CCC(O)CC1)c1ccnc(OCC(F)(F)F)c1. The fraction of sp³-hybridized carbons (Fsp3) is 0.368. The van der Waals surface area contributed by atoms with Gasteiger partial charge in [-0.15, -0.1) is 0 Å². The molecule has 0 atom stereocenters. The third-order valence-electron chi connectivity index (χ3n) is 4.34. The molecule has 0 spiro atoms. The molecule has 1 aromatic carbocycles. The number of rotatable bonds is 5. The van der Waals surface area contributed by atoms with Crippen molar-refractivity contribution in [3.05, 3.63) is 48.2 Å². The van der Waals surface area contributed by atoms with Crippen LogP contribution in [-0.2, 0) is 0 Å². The van der Waals surface area contributed by atoms with E-state index in [-0.39, 0.29) is 17.5 Å². The molecule has 1 amide bonds. The molecule has 2 N–H and O–H groups in total. The van der Waals surface area contributed by atoms with Crippen molar-refractivity contribution in [2.24, 2.45) is 0 Å². The van der Waals surface area contributed by atoms with Crippen LogP contribution in [0.25, 0.3) is 0 Å². The molecule has 28 heavy (non-hydrogen) atoms. The summed E-state index contributed by atoms with van der Waals surface area (Å²) in [5, 5.41) is 12.5. The quantitative estimate of drug-likeness (QED) is 0.813. The summed E-state index contributed by atoms with van der Waals surface area (Å²) in [5.41, 5.74) is 1.54. The summed E-state index contributed by atoms with van der Waals surface area (Å²) in [6.07, 6.45) is -2.29. The second-order valence-electron chi connectivity index (χ2n) is 6.48. The van der Waals surface area contributed by atoms with Crippen LogP contribution in [0.2, 0.25) is 0 Å². The Bertz CT molecular complexity index is 821. The van der Waals surface area contributed by atoms with Gasteiger partial charge in [-0.1, -0.05) is 12.1 Å². The smallest absolute Gasteiger partial charge is 0.422 e. The number of aliphatic hydroxyl groups excluding tert-OH is 1. The number of aromatic nitrogens is 1. The van der Waals surface area contributed by atoms with E-state index in [9.17, 15) is 23.1 Å². The van der Waals surface area contributed by atoms with Gasteiger partial charge >= 0.3 is 6.18 Å². The van der Waals surface area contributed by atoms with Crippen LogP contribution in [0.15, 0.2) is 42.6 Å². The summed E-state index contributed by atoms with van der Waals surface area (Å²) in [5.74, 6) is -0.757. The van der Waals surface area contributed by atoms with Crippen LogP contribution in [0.1, 0.15) is 23.2 Å². The second-order valence-corrected chi connectivity index (χ2v) is 6.48. The number of carbonyl (C=O) groups is 1. The first-order valence-corrected chi connectivity index (χ1v) is 8.81. The van der Waals surface area contributed by atoms with Crippen molar-refractivity contribution >= 4 is 17.3 Å². The molecule has 3 rings (SSSR count). The summed E-state index contributed by atoms with van der Waals surface area (Å²) in [7, 11) is 0. The first kappa shape index (κ1) is 19.9. The van der Waals surface area contributed by atoms with Crippen LogP contribution >= 0.6 is 0 Å². The topological polar surface area (TPSA) is 74.7 Å². The fourth-order valence-electron chi connectivity index (χ4n) is 2.94. The molecule has 0 aliphatic carbocycles. The average molecular weight is 395 g/mol. The number of anilines is 2. The molecule has 9 heteroatoms. The van der Waals surface area contributed by atoms with Crippen molar-refractivity contribution in [1.29, 1.82) is 0 Å². The maximum Gasteiger partial charge on any atom is 0.422 e. The largest absolute Gasteiger partial charge is 0.468 e. The number of nitrogens with one attached hydrogen (secondary N) is 1. The Morgan fingerprint density at radius 1 is 1.25 bits per heavy atom. The highest BCUT2D eigenvalue weighted by atomic mass is 19.4. The maximum atomic E-state index is 12.6. The van der Waals surface area contributed by atoms with Gasteiger partial charge in [-0.2, -0.15) is 13.2 Å². The van der Waals surface area contributed by atoms with Gasteiger partial charge in [-0.05, 0) is 31.0 Å². The third-order valence-corrected chi connectivity index (χ3v) is 4.34. The number of para-hydroxylation sites is 2. The van der Waals surface area contributed by atoms with Gasteiger partial charge in [0.05, 0.1) is 17.5 Å². The molecular weight excluding hydrogens is 375 g/mol. The van der Waals surface area contributed by atoms with E-state index in [0.29, 0.717) is 31.6 Å². The maximum absolute atomic E-state index is 12.6. The lowest BCUT2D eigenvalue weighted by Gasteiger charge is -2.32. The van der Waals surface area contributed by atoms with Crippen LogP contribution < -0.4 is 15.0 Å². The molecule has 1 aliphatic rings. The van der Waals surface area contributed by atoms with Crippen LogP contribution in [0.3, 0.4) is 0 Å². The van der Waals surface area contributed by atoms with Crippen LogP contribution in [0, 0.1) is 0 Å². The van der Waals surface area contributed by atoms with Gasteiger partial charge in [0.15, 0.2) is 6.61 Å². The third kappa shape index (κ3) is 5.35. The Morgan fingerprint density at radius 3 is 2.68 bits per heavy atom. The van der Waals surface area contributed by atoms with E-state index in [1.807, 2.05) is 12.1 Å². The van der Waals surface area contributed by atoms with Gasteiger partial charge in [-0.3, -0.25) is 4.79 Å². The Hall–Kier alpha value is -2.81. The van der Waals surface area contributed by atoms with E-state index in [0.717, 1.165) is 5.69 Å². The normalized spacial score (nSPS) is 15.4. The summed E-state index contributed by atoms with van der Waals surface area (Å²) in [6.45, 7) is -0.147. The molecule has 0 bridgehead atoms. The van der Waals surface area contributed by atoms with Crippen molar-refractivity contribution in [2.45, 2.75) is 25.1 Å². The zero-order valence-electron chi connectivity index (χ0n) is 14.9. The molecule has 2 aromatic rings. The van der Waals surface area contributed by atoms with Gasteiger partial charge in [0.25, 0.3) is 5.91 Å². The minimum atomic E-state index is -4.49. The second kappa shape index (κ2) is 8.47. The highest BCUT2D eigenvalue weighted by Gasteiger charge is 2.28. The van der Waals surface area contributed by atoms with E-state index in [1.54, 1.807) is 12.1 Å². The highest BCUT2D eigenvalue weighted by Crippen LogP contribution is 2.29. The molecule has 0 saturated carbocycles. The minimum absolute atomic E-state index is 0.135. The molecule has 1 fully saturated rings. The molecule has 0 radical (unpaired) electrons. The van der Waals surface area contributed by atoms with Crippen molar-refractivity contribution in [3.63, 3.8) is 0 Å². The van der Waals surface area contributed by atoms with Crippen molar-refractivity contribution in [2.75, 3.05) is 29.9 Å². The van der Waals surface area contributed by atoms with Gasteiger partial charge in [0.1, 0.15) is 0 Å². The number of halogens is 3. The first-order chi connectivity index (χ1) is 13.3. The van der Waals surface area contributed by atoms with E-state index in [1.165, 1.54) is 18.3 Å². The summed E-state index contributed by atoms with van der Waals surface area (Å²) in [4.78, 5) is 18.4. The summed E-state index contributed by atoms with van der Waals surface area (Å²) >= 11 is 0. The van der Waals surface area contributed by atoms with E-state index >= 15 is 0 Å². The van der Waals surface area contributed by atoms with E-state index in [4.69, 9.17) is 0 Å². The highest BCUT2D eigenvalue weighted by molar-refractivity contribution is 6.06. The summed E-state index contributed by atoms with van der Waals surface area (Å²) < 4.78 is 41.4. The molecule has 150 valence electrons. The Labute approximate surface area is 159 Å². The molecule has 6 nitrogen and oxygen atoms in total. The van der Waals surface area contributed by atoms with Crippen LogP contribution in [-0.4, -0.2) is 48.0 Å². The van der Waals surface area contributed by atoms with Crippen molar-refractivity contribution in [1.82, 2.24) is 4.98 Å². The van der Waals surface area contributed by atoms with Gasteiger partial charge in [0.2, 0.25) is 5.88 Å².